The molecule has 1 aromatic rings. The Bertz CT molecular complexity index is 502. The number of hydrogen-bond donors (Lipinski definition) is 2. The highest BCUT2D eigenvalue weighted by atomic mass is 16.4. The van der Waals surface area contributed by atoms with E-state index in [4.69, 9.17) is 5.11 Å². The fourth-order valence-electron chi connectivity index (χ4n) is 2.01. The van der Waals surface area contributed by atoms with Crippen molar-refractivity contribution in [1.82, 2.24) is 19.8 Å². The second-order valence-corrected chi connectivity index (χ2v) is 4.85. The van der Waals surface area contributed by atoms with Crippen LogP contribution in [0.3, 0.4) is 0 Å². The summed E-state index contributed by atoms with van der Waals surface area (Å²) in [4.78, 5) is 33.4. The fraction of sp³-hybridized carbons (Fsp3) is 0.500. The largest absolute Gasteiger partial charge is 0.465 e. The summed E-state index contributed by atoms with van der Waals surface area (Å²) in [5.41, 5.74) is 0.416. The molecule has 1 unspecified atom stereocenters. The molecule has 0 radical (unpaired) electrons. The average Bonchev–Trinajstić information content (AvgIpc) is 2.87. The minimum atomic E-state index is -0.915. The zero-order valence-corrected chi connectivity index (χ0v) is 11.4. The Hall–Kier alpha value is -2.38. The van der Waals surface area contributed by atoms with Gasteiger partial charge in [-0.05, 0) is 6.42 Å². The van der Waals surface area contributed by atoms with Crippen molar-refractivity contribution in [2.24, 2.45) is 0 Å². The lowest BCUT2D eigenvalue weighted by atomic mass is 10.3. The predicted molar refractivity (Wildman–Crippen MR) is 71.7 cm³/mol. The van der Waals surface area contributed by atoms with Crippen molar-refractivity contribution < 1.29 is 14.7 Å². The van der Waals surface area contributed by atoms with Crippen molar-refractivity contribution >= 4 is 17.9 Å². The molecule has 108 valence electrons. The number of carbonyl (C=O) groups excluding carboxylic acids is 1. The molecular weight excluding hydrogens is 262 g/mol. The molecule has 1 aliphatic heterocycles. The number of nitrogens with one attached hydrogen (secondary N) is 1. The molecule has 2 N–H and O–H groups in total. The lowest BCUT2D eigenvalue weighted by Crippen LogP contribution is -2.30. The van der Waals surface area contributed by atoms with Gasteiger partial charge in [-0.25, -0.2) is 14.8 Å². The first-order valence-electron chi connectivity index (χ1n) is 6.25. The number of amides is 2. The Morgan fingerprint density at radius 1 is 1.40 bits per heavy atom. The van der Waals surface area contributed by atoms with E-state index in [0.717, 1.165) is 0 Å². The standard InChI is InChI=1S/C12H17N5O3/c1-16(2)10(18)8-5-13-11(14-6-8)15-9-3-4-17(7-9)12(19)20/h5-6,9H,3-4,7H2,1-2H3,(H,19,20)(H,13,14,15). The number of aromatic nitrogens is 2. The van der Waals surface area contributed by atoms with Gasteiger partial charge < -0.3 is 20.2 Å². The topological polar surface area (TPSA) is 98.7 Å². The van der Waals surface area contributed by atoms with E-state index in [1.165, 1.54) is 22.2 Å². The van der Waals surface area contributed by atoms with Gasteiger partial charge in [0.15, 0.2) is 0 Å². The van der Waals surface area contributed by atoms with Gasteiger partial charge in [0, 0.05) is 45.6 Å². The Kier molecular flexibility index (Phi) is 4.02. The van der Waals surface area contributed by atoms with Gasteiger partial charge in [-0.3, -0.25) is 4.79 Å². The van der Waals surface area contributed by atoms with Gasteiger partial charge in [-0.15, -0.1) is 0 Å². The first-order valence-corrected chi connectivity index (χ1v) is 6.25. The summed E-state index contributed by atoms with van der Waals surface area (Å²) in [6, 6.07) is 0.00139. The number of nitrogens with zero attached hydrogens (tertiary/aromatic N) is 4. The SMILES string of the molecule is CN(C)C(=O)c1cnc(NC2CCN(C(=O)O)C2)nc1. The third-order valence-corrected chi connectivity index (χ3v) is 3.10. The molecule has 1 aliphatic rings. The van der Waals surface area contributed by atoms with Crippen molar-refractivity contribution in [2.45, 2.75) is 12.5 Å². The van der Waals surface area contributed by atoms with Crippen molar-refractivity contribution in [3.63, 3.8) is 0 Å². The Morgan fingerprint density at radius 3 is 2.55 bits per heavy atom. The zero-order valence-electron chi connectivity index (χ0n) is 11.4. The molecule has 2 heterocycles. The number of hydrogen-bond acceptors (Lipinski definition) is 5. The van der Waals surface area contributed by atoms with Crippen molar-refractivity contribution in [1.29, 1.82) is 0 Å². The van der Waals surface area contributed by atoms with E-state index in [-0.39, 0.29) is 11.9 Å². The molecule has 0 bridgehead atoms. The second-order valence-electron chi connectivity index (χ2n) is 4.85. The van der Waals surface area contributed by atoms with E-state index < -0.39 is 6.09 Å². The molecule has 20 heavy (non-hydrogen) atoms. The van der Waals surface area contributed by atoms with E-state index in [1.54, 1.807) is 14.1 Å². The molecule has 0 aliphatic carbocycles. The highest BCUT2D eigenvalue weighted by molar-refractivity contribution is 5.93. The smallest absolute Gasteiger partial charge is 0.407 e. The van der Waals surface area contributed by atoms with E-state index in [0.29, 0.717) is 31.0 Å². The van der Waals surface area contributed by atoms with Gasteiger partial charge in [0.1, 0.15) is 0 Å². The summed E-state index contributed by atoms with van der Waals surface area (Å²) in [7, 11) is 3.32. The molecule has 1 aromatic heterocycles. The lowest BCUT2D eigenvalue weighted by molar-refractivity contribution is 0.0826. The first kappa shape index (κ1) is 14.0. The van der Waals surface area contributed by atoms with Gasteiger partial charge in [-0.2, -0.15) is 0 Å². The zero-order chi connectivity index (χ0) is 14.7. The average molecular weight is 279 g/mol. The Labute approximate surface area is 116 Å². The van der Waals surface area contributed by atoms with Crippen LogP contribution in [0.25, 0.3) is 0 Å². The number of carbonyl (C=O) groups is 2. The van der Waals surface area contributed by atoms with Crippen LogP contribution in [0, 0.1) is 0 Å². The summed E-state index contributed by atoms with van der Waals surface area (Å²) in [5.74, 6) is 0.243. The highest BCUT2D eigenvalue weighted by Crippen LogP contribution is 2.13. The third kappa shape index (κ3) is 3.14. The Morgan fingerprint density at radius 2 is 2.05 bits per heavy atom. The van der Waals surface area contributed by atoms with E-state index in [9.17, 15) is 9.59 Å². The second kappa shape index (κ2) is 5.72. The quantitative estimate of drug-likeness (QED) is 0.828. The van der Waals surface area contributed by atoms with E-state index in [1.807, 2.05) is 0 Å². The van der Waals surface area contributed by atoms with Gasteiger partial charge >= 0.3 is 6.09 Å². The fourth-order valence-corrected chi connectivity index (χ4v) is 2.01. The third-order valence-electron chi connectivity index (χ3n) is 3.10. The predicted octanol–water partition coefficient (Wildman–Crippen LogP) is 0.343. The first-order chi connectivity index (χ1) is 9.47. The molecule has 1 atom stereocenters. The molecular formula is C12H17N5O3. The number of carboxylic acid groups (broad SMARTS) is 1. The van der Waals surface area contributed by atoms with Crippen molar-refractivity contribution in [2.75, 3.05) is 32.5 Å². The van der Waals surface area contributed by atoms with Gasteiger partial charge in [-0.1, -0.05) is 0 Å². The number of likely N-dealkylation sites (tertiary alicyclic amines) is 1. The lowest BCUT2D eigenvalue weighted by Gasteiger charge is -2.14. The van der Waals surface area contributed by atoms with Crippen molar-refractivity contribution in [3.05, 3.63) is 18.0 Å². The molecule has 0 spiro atoms. The number of rotatable bonds is 3. The molecule has 0 aromatic carbocycles. The van der Waals surface area contributed by atoms with Crippen molar-refractivity contribution in [3.8, 4) is 0 Å². The number of anilines is 1. The van der Waals surface area contributed by atoms with E-state index >= 15 is 0 Å². The van der Waals surface area contributed by atoms with Crippen LogP contribution in [0.2, 0.25) is 0 Å². The minimum Gasteiger partial charge on any atom is -0.465 e. The molecule has 2 rings (SSSR count). The van der Waals surface area contributed by atoms with Gasteiger partial charge in [0.05, 0.1) is 5.56 Å². The van der Waals surface area contributed by atoms with Crippen LogP contribution in [0.5, 0.6) is 0 Å². The maximum absolute atomic E-state index is 11.7. The molecule has 1 saturated heterocycles. The molecule has 0 saturated carbocycles. The van der Waals surface area contributed by atoms with Gasteiger partial charge in [0.2, 0.25) is 5.95 Å². The summed E-state index contributed by atoms with van der Waals surface area (Å²) in [6.07, 6.45) is 2.72. The van der Waals surface area contributed by atoms with Crippen LogP contribution in [0.1, 0.15) is 16.8 Å². The maximum Gasteiger partial charge on any atom is 0.407 e. The van der Waals surface area contributed by atoms with Crippen LogP contribution in [-0.4, -0.2) is 70.1 Å². The van der Waals surface area contributed by atoms with Crippen LogP contribution in [0.15, 0.2) is 12.4 Å². The van der Waals surface area contributed by atoms with Crippen LogP contribution in [-0.2, 0) is 0 Å². The normalized spacial score (nSPS) is 17.9. The summed E-state index contributed by atoms with van der Waals surface area (Å²) in [6.45, 7) is 0.918. The van der Waals surface area contributed by atoms with Crippen LogP contribution >= 0.6 is 0 Å². The maximum atomic E-state index is 11.7. The molecule has 1 fully saturated rings. The summed E-state index contributed by atoms with van der Waals surface area (Å²) in [5, 5.41) is 11.9. The summed E-state index contributed by atoms with van der Waals surface area (Å²) < 4.78 is 0. The molecule has 8 nitrogen and oxygen atoms in total. The molecule has 2 amide bonds. The van der Waals surface area contributed by atoms with Crippen LogP contribution < -0.4 is 5.32 Å². The van der Waals surface area contributed by atoms with Crippen LogP contribution in [0.4, 0.5) is 10.7 Å². The molecule has 8 heteroatoms. The Balaban J connectivity index is 1.95. The van der Waals surface area contributed by atoms with Gasteiger partial charge in [0.25, 0.3) is 5.91 Å². The highest BCUT2D eigenvalue weighted by Gasteiger charge is 2.26. The monoisotopic (exact) mass is 279 g/mol. The summed E-state index contributed by atoms with van der Waals surface area (Å²) >= 11 is 0. The van der Waals surface area contributed by atoms with E-state index in [2.05, 4.69) is 15.3 Å². The minimum absolute atomic E-state index is 0.00139.